The lowest BCUT2D eigenvalue weighted by molar-refractivity contribution is -0.385. The van der Waals surface area contributed by atoms with Crippen molar-refractivity contribution in [2.45, 2.75) is 6.42 Å². The number of rotatable bonds is 7. The molecular formula is C12H15N3O5S. The predicted octanol–water partition coefficient (Wildman–Crippen LogP) is 0.403. The van der Waals surface area contributed by atoms with E-state index in [1.807, 2.05) is 0 Å². The van der Waals surface area contributed by atoms with Gasteiger partial charge in [-0.1, -0.05) is 12.1 Å². The number of benzene rings is 1. The number of nitrogens with zero attached hydrogens (tertiary/aromatic N) is 1. The Hall–Kier alpha value is -2.26. The quantitative estimate of drug-likeness (QED) is 0.325. The van der Waals surface area contributed by atoms with Gasteiger partial charge in [-0.3, -0.25) is 14.9 Å². The van der Waals surface area contributed by atoms with Gasteiger partial charge in [-0.05, 0) is 18.6 Å². The van der Waals surface area contributed by atoms with Crippen LogP contribution in [0.5, 0.6) is 0 Å². The van der Waals surface area contributed by atoms with Crippen molar-refractivity contribution in [1.29, 1.82) is 0 Å². The van der Waals surface area contributed by atoms with Crippen LogP contribution in [-0.2, 0) is 14.8 Å². The molecule has 1 rings (SSSR count). The van der Waals surface area contributed by atoms with Crippen molar-refractivity contribution in [3.05, 3.63) is 46.0 Å². The first kappa shape index (κ1) is 16.8. The Morgan fingerprint density at radius 3 is 2.67 bits per heavy atom. The second-order valence-corrected chi connectivity index (χ2v) is 5.89. The van der Waals surface area contributed by atoms with Crippen LogP contribution >= 0.6 is 0 Å². The molecule has 0 fully saturated rings. The van der Waals surface area contributed by atoms with Crippen molar-refractivity contribution < 1.29 is 18.1 Å². The molecule has 1 aromatic carbocycles. The third-order valence-electron chi connectivity index (χ3n) is 2.45. The Morgan fingerprint density at radius 1 is 1.38 bits per heavy atom. The average molecular weight is 313 g/mol. The lowest BCUT2D eigenvalue weighted by Crippen LogP contribution is -2.25. The summed E-state index contributed by atoms with van der Waals surface area (Å²) in [6.07, 6.45) is 2.68. The largest absolute Gasteiger partial charge is 0.353 e. The number of amides is 1. The molecule has 1 amide bonds. The Balaban J connectivity index is 2.53. The summed E-state index contributed by atoms with van der Waals surface area (Å²) in [5.74, 6) is -0.691. The number of sulfonamides is 1. The van der Waals surface area contributed by atoms with Gasteiger partial charge in [0.15, 0.2) is 0 Å². The van der Waals surface area contributed by atoms with E-state index in [4.69, 9.17) is 5.14 Å². The van der Waals surface area contributed by atoms with Gasteiger partial charge in [-0.25, -0.2) is 13.6 Å². The zero-order valence-corrected chi connectivity index (χ0v) is 11.9. The fourth-order valence-corrected chi connectivity index (χ4v) is 2.05. The van der Waals surface area contributed by atoms with Crippen molar-refractivity contribution in [2.24, 2.45) is 5.14 Å². The molecule has 0 aliphatic carbocycles. The molecule has 21 heavy (non-hydrogen) atoms. The van der Waals surface area contributed by atoms with Crippen LogP contribution in [0.3, 0.4) is 0 Å². The normalized spacial score (nSPS) is 11.5. The Kier molecular flexibility index (Phi) is 6.00. The van der Waals surface area contributed by atoms with Gasteiger partial charge in [-0.15, -0.1) is 0 Å². The highest BCUT2D eigenvalue weighted by molar-refractivity contribution is 7.89. The minimum absolute atomic E-state index is 0.101. The third kappa shape index (κ3) is 6.63. The van der Waals surface area contributed by atoms with Crippen molar-refractivity contribution in [1.82, 2.24) is 5.32 Å². The zero-order chi connectivity index (χ0) is 15.9. The summed E-state index contributed by atoms with van der Waals surface area (Å²) >= 11 is 0. The number of nitro benzene ring substituents is 1. The molecule has 0 bridgehead atoms. The zero-order valence-electron chi connectivity index (χ0n) is 11.1. The summed E-state index contributed by atoms with van der Waals surface area (Å²) in [6.45, 7) is 0.149. The van der Waals surface area contributed by atoms with E-state index in [0.717, 1.165) is 6.08 Å². The van der Waals surface area contributed by atoms with Gasteiger partial charge >= 0.3 is 0 Å². The van der Waals surface area contributed by atoms with Crippen LogP contribution in [0.25, 0.3) is 6.08 Å². The van der Waals surface area contributed by atoms with Gasteiger partial charge < -0.3 is 5.32 Å². The van der Waals surface area contributed by atoms with Crippen LogP contribution < -0.4 is 10.5 Å². The molecule has 0 aliphatic heterocycles. The van der Waals surface area contributed by atoms with Gasteiger partial charge in [0.05, 0.1) is 16.2 Å². The molecule has 0 aromatic heterocycles. The average Bonchev–Trinajstić information content (AvgIpc) is 2.40. The smallest absolute Gasteiger partial charge is 0.276 e. The second kappa shape index (κ2) is 7.50. The van der Waals surface area contributed by atoms with Crippen molar-refractivity contribution >= 4 is 27.7 Å². The molecule has 1 aromatic rings. The minimum atomic E-state index is -3.54. The van der Waals surface area contributed by atoms with Gasteiger partial charge in [0.2, 0.25) is 15.9 Å². The maximum atomic E-state index is 11.5. The summed E-state index contributed by atoms with van der Waals surface area (Å²) in [4.78, 5) is 21.7. The molecule has 0 unspecified atom stereocenters. The van der Waals surface area contributed by atoms with Gasteiger partial charge in [0.1, 0.15) is 0 Å². The van der Waals surface area contributed by atoms with E-state index >= 15 is 0 Å². The number of nitrogens with two attached hydrogens (primary N) is 1. The highest BCUT2D eigenvalue weighted by Gasteiger charge is 2.09. The molecule has 8 nitrogen and oxygen atoms in total. The summed E-state index contributed by atoms with van der Waals surface area (Å²) in [5, 5.41) is 18.0. The van der Waals surface area contributed by atoms with E-state index in [9.17, 15) is 23.3 Å². The molecule has 0 aliphatic rings. The Labute approximate surface area is 121 Å². The minimum Gasteiger partial charge on any atom is -0.353 e. The van der Waals surface area contributed by atoms with Crippen LogP contribution in [0.2, 0.25) is 0 Å². The topological polar surface area (TPSA) is 132 Å². The first-order valence-electron chi connectivity index (χ1n) is 5.99. The van der Waals surface area contributed by atoms with Gasteiger partial charge in [-0.2, -0.15) is 0 Å². The summed E-state index contributed by atoms with van der Waals surface area (Å²) in [6, 6.07) is 6.01. The SMILES string of the molecule is NS(=O)(=O)CCCNC(=O)/C=C/c1ccccc1[N+](=O)[O-]. The van der Waals surface area contributed by atoms with E-state index in [0.29, 0.717) is 5.56 Å². The molecule has 0 spiro atoms. The van der Waals surface area contributed by atoms with Crippen LogP contribution in [0, 0.1) is 10.1 Å². The highest BCUT2D eigenvalue weighted by Crippen LogP contribution is 2.18. The van der Waals surface area contributed by atoms with Gasteiger partial charge in [0.25, 0.3) is 5.69 Å². The highest BCUT2D eigenvalue weighted by atomic mass is 32.2. The monoisotopic (exact) mass is 313 g/mol. The van der Waals surface area contributed by atoms with E-state index < -0.39 is 20.9 Å². The van der Waals surface area contributed by atoms with Crippen LogP contribution in [0.4, 0.5) is 5.69 Å². The summed E-state index contributed by atoms with van der Waals surface area (Å²) in [5.41, 5.74) is 0.206. The maximum Gasteiger partial charge on any atom is 0.276 e. The molecule has 0 radical (unpaired) electrons. The first-order valence-corrected chi connectivity index (χ1v) is 7.71. The first-order chi connectivity index (χ1) is 9.79. The fraction of sp³-hybridized carbons (Fsp3) is 0.250. The second-order valence-electron chi connectivity index (χ2n) is 4.16. The van der Waals surface area contributed by atoms with E-state index in [1.54, 1.807) is 6.07 Å². The van der Waals surface area contributed by atoms with Crippen LogP contribution in [-0.4, -0.2) is 31.5 Å². The molecule has 0 saturated carbocycles. The van der Waals surface area contributed by atoms with Crippen LogP contribution in [0.15, 0.2) is 30.3 Å². The standard InChI is InChI=1S/C12H15N3O5S/c13-21(19,20)9-3-8-14-12(16)7-6-10-4-1-2-5-11(10)15(17)18/h1-2,4-7H,3,8-9H2,(H,14,16)(H2,13,19,20)/b7-6+. The fourth-order valence-electron chi connectivity index (χ4n) is 1.50. The van der Waals surface area contributed by atoms with Crippen molar-refractivity contribution in [3.8, 4) is 0 Å². The van der Waals surface area contributed by atoms with Gasteiger partial charge in [0, 0.05) is 18.7 Å². The van der Waals surface area contributed by atoms with E-state index in [-0.39, 0.29) is 24.4 Å². The third-order valence-corrected chi connectivity index (χ3v) is 3.31. The van der Waals surface area contributed by atoms with Crippen LogP contribution in [0.1, 0.15) is 12.0 Å². The van der Waals surface area contributed by atoms with E-state index in [1.165, 1.54) is 24.3 Å². The number of hydrogen-bond acceptors (Lipinski definition) is 5. The maximum absolute atomic E-state index is 11.5. The summed E-state index contributed by atoms with van der Waals surface area (Å²) in [7, 11) is -3.54. The number of nitrogens with one attached hydrogen (secondary N) is 1. The number of carbonyl (C=O) groups is 1. The Morgan fingerprint density at radius 2 is 2.05 bits per heavy atom. The number of para-hydroxylation sites is 1. The molecule has 9 heteroatoms. The Bertz CT molecular complexity index is 655. The number of carbonyl (C=O) groups excluding carboxylic acids is 1. The molecule has 114 valence electrons. The lowest BCUT2D eigenvalue weighted by atomic mass is 10.1. The number of primary sulfonamides is 1. The lowest BCUT2D eigenvalue weighted by Gasteiger charge is -2.01. The van der Waals surface area contributed by atoms with Crippen molar-refractivity contribution in [2.75, 3.05) is 12.3 Å². The molecule has 0 atom stereocenters. The molecule has 0 saturated heterocycles. The molecule has 0 heterocycles. The number of nitro groups is 1. The van der Waals surface area contributed by atoms with Crippen molar-refractivity contribution in [3.63, 3.8) is 0 Å². The number of hydrogen-bond donors (Lipinski definition) is 2. The van der Waals surface area contributed by atoms with E-state index in [2.05, 4.69) is 5.32 Å². The molecular weight excluding hydrogens is 298 g/mol. The molecule has 3 N–H and O–H groups in total. The summed E-state index contributed by atoms with van der Waals surface area (Å²) < 4.78 is 21.4. The predicted molar refractivity (Wildman–Crippen MR) is 77.7 cm³/mol.